The standard InChI is InChI=1S/C42H26O/c1-2-12-28-25-29(22-21-27(28)11-1)31-13-3-4-15-34(31)42-37-18-7-5-16-35(37)41(36-17-6-8-19-38(36)42)30-23-24-33-32-14-9-10-20-39(32)43-40(33)26-30/h1-26H/i5D,6D,7D,8D,9D,10D,14D,16D,17D,18D,19D,20D,23D,24D,26D. The van der Waals surface area contributed by atoms with Crippen LogP contribution >= 0.6 is 0 Å². The first-order valence-corrected chi connectivity index (χ1v) is 13.6. The summed E-state index contributed by atoms with van der Waals surface area (Å²) in [6.07, 6.45) is 0. The SMILES string of the molecule is [2H]c1c([2H])c([2H])c2c(oc3c([2H])c(-c4c5c([2H])c([2H])c([2H])c([2H])c5c(-c5ccccc5-c5ccc6ccccc6c5)c5c([2H])c([2H])c([2H])c([2H])c45)c([2H])c([2H])c32)c1[2H]. The smallest absolute Gasteiger partial charge is 0.136 e. The van der Waals surface area contributed by atoms with E-state index in [0.717, 1.165) is 10.8 Å². The summed E-state index contributed by atoms with van der Waals surface area (Å²) in [5, 5.41) is 0.564. The number of fused-ring (bicyclic) bond motifs is 6. The van der Waals surface area contributed by atoms with Crippen LogP contribution < -0.4 is 0 Å². The van der Waals surface area contributed by atoms with Gasteiger partial charge in [-0.25, -0.2) is 0 Å². The Morgan fingerprint density at radius 1 is 0.419 bits per heavy atom. The fourth-order valence-corrected chi connectivity index (χ4v) is 5.88. The van der Waals surface area contributed by atoms with E-state index in [4.69, 9.17) is 15.4 Å². The van der Waals surface area contributed by atoms with Crippen molar-refractivity contribution in [1.82, 2.24) is 0 Å². The molecule has 0 N–H and O–H groups in total. The van der Waals surface area contributed by atoms with Crippen molar-refractivity contribution in [2.45, 2.75) is 0 Å². The van der Waals surface area contributed by atoms with Gasteiger partial charge in [0.1, 0.15) is 11.2 Å². The third kappa shape index (κ3) is 3.72. The first-order valence-electron chi connectivity index (χ1n) is 21.1. The molecule has 0 aliphatic heterocycles. The average Bonchev–Trinajstić information content (AvgIpc) is 3.64. The van der Waals surface area contributed by atoms with Gasteiger partial charge < -0.3 is 4.42 Å². The Morgan fingerprint density at radius 3 is 1.74 bits per heavy atom. The first kappa shape index (κ1) is 13.5. The molecule has 9 rings (SSSR count). The molecule has 0 spiro atoms. The molecule has 1 aromatic heterocycles. The maximum absolute atomic E-state index is 9.52. The largest absolute Gasteiger partial charge is 0.456 e. The molecule has 43 heavy (non-hydrogen) atoms. The second-order valence-corrected chi connectivity index (χ2v) is 10.1. The van der Waals surface area contributed by atoms with Gasteiger partial charge in [-0.05, 0) is 89.9 Å². The predicted molar refractivity (Wildman–Crippen MR) is 183 cm³/mol. The molecule has 0 bridgehead atoms. The Hall–Kier alpha value is -5.66. The Balaban J connectivity index is 1.55. The molecule has 0 saturated heterocycles. The summed E-state index contributed by atoms with van der Waals surface area (Å²) < 4.78 is 140. The zero-order valence-electron chi connectivity index (χ0n) is 37.3. The van der Waals surface area contributed by atoms with Crippen molar-refractivity contribution in [3.8, 4) is 33.4 Å². The summed E-state index contributed by atoms with van der Waals surface area (Å²) >= 11 is 0. The van der Waals surface area contributed by atoms with Crippen LogP contribution in [0.25, 0.3) is 87.6 Å². The fourth-order valence-electron chi connectivity index (χ4n) is 5.88. The lowest BCUT2D eigenvalue weighted by Crippen LogP contribution is -1.92. The Kier molecular flexibility index (Phi) is 2.97. The van der Waals surface area contributed by atoms with Crippen molar-refractivity contribution < 1.29 is 25.0 Å². The van der Waals surface area contributed by atoms with Crippen molar-refractivity contribution in [1.29, 1.82) is 0 Å². The van der Waals surface area contributed by atoms with Gasteiger partial charge in [0.05, 0.1) is 20.6 Å². The quantitative estimate of drug-likeness (QED) is 0.196. The van der Waals surface area contributed by atoms with Crippen LogP contribution in [-0.2, 0) is 0 Å². The van der Waals surface area contributed by atoms with Gasteiger partial charge in [0.2, 0.25) is 0 Å². The summed E-state index contributed by atoms with van der Waals surface area (Å²) in [6.45, 7) is 0. The molecule has 200 valence electrons. The van der Waals surface area contributed by atoms with Gasteiger partial charge in [0.15, 0.2) is 0 Å². The van der Waals surface area contributed by atoms with Gasteiger partial charge >= 0.3 is 0 Å². The molecule has 0 amide bonds. The van der Waals surface area contributed by atoms with E-state index in [0.29, 0.717) is 16.7 Å². The van der Waals surface area contributed by atoms with Gasteiger partial charge in [-0.1, -0.05) is 133 Å². The van der Waals surface area contributed by atoms with E-state index < -0.39 is 102 Å². The minimum Gasteiger partial charge on any atom is -0.456 e. The number of para-hydroxylation sites is 1. The predicted octanol–water partition coefficient (Wildman–Crippen LogP) is 12.0. The molecule has 9 aromatic rings. The molecular weight excluding hydrogens is 520 g/mol. The summed E-state index contributed by atoms with van der Waals surface area (Å²) in [7, 11) is 0. The van der Waals surface area contributed by atoms with E-state index in [1.54, 1.807) is 24.3 Å². The summed E-state index contributed by atoms with van der Waals surface area (Å²) in [6, 6.07) is 11.2. The molecule has 0 saturated carbocycles. The molecule has 8 aromatic carbocycles. The Morgan fingerprint density at radius 2 is 1.00 bits per heavy atom. The highest BCUT2D eigenvalue weighted by molar-refractivity contribution is 6.23. The van der Waals surface area contributed by atoms with Crippen LogP contribution in [0.1, 0.15) is 20.6 Å². The lowest BCUT2D eigenvalue weighted by atomic mass is 9.83. The maximum Gasteiger partial charge on any atom is 0.136 e. The lowest BCUT2D eigenvalue weighted by molar-refractivity contribution is 0.669. The maximum atomic E-state index is 9.52. The molecular formula is C42H26O. The molecule has 1 heteroatoms. The number of hydrogen-bond donors (Lipinski definition) is 0. The summed E-state index contributed by atoms with van der Waals surface area (Å²) in [4.78, 5) is 0. The minimum absolute atomic E-state index is 0.0640. The van der Waals surface area contributed by atoms with Crippen molar-refractivity contribution in [3.05, 3.63) is 157 Å². The van der Waals surface area contributed by atoms with Crippen LogP contribution in [0.2, 0.25) is 0 Å². The van der Waals surface area contributed by atoms with Gasteiger partial charge in [0, 0.05) is 10.8 Å². The van der Waals surface area contributed by atoms with Crippen LogP contribution in [0, 0.1) is 0 Å². The average molecular weight is 562 g/mol. The Bertz CT molecular complexity index is 3270. The third-order valence-corrected chi connectivity index (χ3v) is 7.77. The third-order valence-electron chi connectivity index (χ3n) is 7.77. The van der Waals surface area contributed by atoms with Gasteiger partial charge in [0.25, 0.3) is 0 Å². The Labute approximate surface area is 270 Å². The summed E-state index contributed by atoms with van der Waals surface area (Å²) in [5.74, 6) is 0. The fraction of sp³-hybridized carbons (Fsp3) is 0. The van der Waals surface area contributed by atoms with Crippen LogP contribution in [-0.4, -0.2) is 0 Å². The zero-order valence-corrected chi connectivity index (χ0v) is 22.3. The van der Waals surface area contributed by atoms with Crippen molar-refractivity contribution >= 4 is 54.3 Å². The highest BCUT2D eigenvalue weighted by Gasteiger charge is 2.19. The van der Waals surface area contributed by atoms with Crippen LogP contribution in [0.3, 0.4) is 0 Å². The van der Waals surface area contributed by atoms with Crippen LogP contribution in [0.15, 0.2) is 162 Å². The lowest BCUT2D eigenvalue weighted by Gasteiger charge is -2.19. The molecule has 0 fully saturated rings. The van der Waals surface area contributed by atoms with E-state index >= 15 is 0 Å². The van der Waals surface area contributed by atoms with Crippen molar-refractivity contribution in [3.63, 3.8) is 0 Å². The number of benzene rings is 8. The molecule has 0 aliphatic rings. The molecule has 0 unspecified atom stereocenters. The van der Waals surface area contributed by atoms with Crippen LogP contribution in [0.4, 0.5) is 0 Å². The normalized spacial score (nSPS) is 16.6. The van der Waals surface area contributed by atoms with Gasteiger partial charge in [-0.3, -0.25) is 0 Å². The molecule has 1 nitrogen and oxygen atoms in total. The van der Waals surface area contributed by atoms with Gasteiger partial charge in [-0.2, -0.15) is 0 Å². The van der Waals surface area contributed by atoms with Crippen molar-refractivity contribution in [2.24, 2.45) is 0 Å². The summed E-state index contributed by atoms with van der Waals surface area (Å²) in [5.41, 5.74) is 0.186. The van der Waals surface area contributed by atoms with E-state index in [1.165, 1.54) is 0 Å². The number of rotatable bonds is 3. The van der Waals surface area contributed by atoms with E-state index in [2.05, 4.69) is 0 Å². The highest BCUT2D eigenvalue weighted by atomic mass is 16.3. The molecule has 0 atom stereocenters. The van der Waals surface area contributed by atoms with E-state index in [-0.39, 0.29) is 49.0 Å². The monoisotopic (exact) mass is 561 g/mol. The zero-order chi connectivity index (χ0) is 41.4. The van der Waals surface area contributed by atoms with E-state index in [1.807, 2.05) is 42.5 Å². The highest BCUT2D eigenvalue weighted by Crippen LogP contribution is 2.46. The number of hydrogen-bond acceptors (Lipinski definition) is 1. The minimum atomic E-state index is -0.695. The molecule has 0 aliphatic carbocycles. The second kappa shape index (κ2) is 9.44. The van der Waals surface area contributed by atoms with E-state index in [9.17, 15) is 9.60 Å². The van der Waals surface area contributed by atoms with Crippen LogP contribution in [0.5, 0.6) is 0 Å². The van der Waals surface area contributed by atoms with Crippen molar-refractivity contribution in [2.75, 3.05) is 0 Å². The van der Waals surface area contributed by atoms with Gasteiger partial charge in [-0.15, -0.1) is 0 Å². The molecule has 1 heterocycles. The second-order valence-electron chi connectivity index (χ2n) is 10.1. The number of furan rings is 1. The first-order chi connectivity index (χ1) is 27.6. The topological polar surface area (TPSA) is 13.1 Å². The molecule has 0 radical (unpaired) electrons.